The number of rotatable bonds is 4. The molecule has 2 atom stereocenters. The molecule has 0 saturated carbocycles. The van der Waals surface area contributed by atoms with Crippen LogP contribution in [-0.4, -0.2) is 77.1 Å². The highest BCUT2D eigenvalue weighted by atomic mass is 35.5. The zero-order chi connectivity index (χ0) is 23.8. The molecule has 0 spiro atoms. The van der Waals surface area contributed by atoms with E-state index in [1.165, 1.54) is 4.90 Å². The van der Waals surface area contributed by atoms with Gasteiger partial charge in [0.05, 0.1) is 17.7 Å². The standard InChI is InChI=1S/C23H24ClF4N3O2/c24-17-4-1-15(2-5-17)12-29-7-9-30(10-8-29)20-13-31(14-21(20)32)22(33)16-3-6-18(19(25)11-16)23(26,27)28/h1-6,11,20-21,32H,7-10,12-14H2/t20-,21-/m1/s1. The normalized spacial score (nSPS) is 22.7. The van der Waals surface area contributed by atoms with Crippen molar-refractivity contribution in [2.24, 2.45) is 0 Å². The Morgan fingerprint density at radius 1 is 1.03 bits per heavy atom. The average molecular weight is 486 g/mol. The lowest BCUT2D eigenvalue weighted by Crippen LogP contribution is -2.53. The van der Waals surface area contributed by atoms with Gasteiger partial charge >= 0.3 is 6.18 Å². The van der Waals surface area contributed by atoms with Crippen LogP contribution in [0.5, 0.6) is 0 Å². The highest BCUT2D eigenvalue weighted by molar-refractivity contribution is 6.30. The number of halogens is 5. The third kappa shape index (κ3) is 5.48. The van der Waals surface area contributed by atoms with E-state index in [0.717, 1.165) is 31.3 Å². The summed E-state index contributed by atoms with van der Waals surface area (Å²) in [6.45, 7) is 4.10. The molecule has 4 rings (SSSR count). The average Bonchev–Trinajstić information content (AvgIpc) is 3.16. The van der Waals surface area contributed by atoms with E-state index in [1.807, 2.05) is 24.3 Å². The molecule has 2 aromatic carbocycles. The molecule has 33 heavy (non-hydrogen) atoms. The van der Waals surface area contributed by atoms with E-state index in [2.05, 4.69) is 9.80 Å². The molecule has 2 aliphatic heterocycles. The van der Waals surface area contributed by atoms with Gasteiger partial charge in [-0.15, -0.1) is 0 Å². The lowest BCUT2D eigenvalue weighted by Gasteiger charge is -2.38. The van der Waals surface area contributed by atoms with Crippen LogP contribution in [0.25, 0.3) is 0 Å². The van der Waals surface area contributed by atoms with E-state index in [1.54, 1.807) is 0 Å². The Kier molecular flexibility index (Phi) is 6.95. The summed E-state index contributed by atoms with van der Waals surface area (Å²) in [4.78, 5) is 18.5. The largest absolute Gasteiger partial charge is 0.419 e. The third-order valence-electron chi connectivity index (χ3n) is 6.26. The van der Waals surface area contributed by atoms with Crippen molar-refractivity contribution in [2.75, 3.05) is 39.3 Å². The highest BCUT2D eigenvalue weighted by Crippen LogP contribution is 2.32. The number of amides is 1. The predicted octanol–water partition coefficient (Wildman–Crippen LogP) is 3.50. The second-order valence-corrected chi connectivity index (χ2v) is 8.91. The van der Waals surface area contributed by atoms with Gasteiger partial charge < -0.3 is 10.0 Å². The van der Waals surface area contributed by atoms with Crippen molar-refractivity contribution < 1.29 is 27.5 Å². The Morgan fingerprint density at radius 2 is 1.70 bits per heavy atom. The fraction of sp³-hybridized carbons (Fsp3) is 0.435. The molecule has 2 aromatic rings. The fourth-order valence-corrected chi connectivity index (χ4v) is 4.58. The van der Waals surface area contributed by atoms with E-state index in [4.69, 9.17) is 11.6 Å². The third-order valence-corrected chi connectivity index (χ3v) is 6.52. The van der Waals surface area contributed by atoms with Gasteiger partial charge in [0.15, 0.2) is 0 Å². The molecule has 0 radical (unpaired) electrons. The zero-order valence-electron chi connectivity index (χ0n) is 17.7. The molecule has 2 saturated heterocycles. The lowest BCUT2D eigenvalue weighted by atomic mass is 10.1. The number of carbonyl (C=O) groups is 1. The fourth-order valence-electron chi connectivity index (χ4n) is 4.46. The van der Waals surface area contributed by atoms with Gasteiger partial charge in [-0.3, -0.25) is 14.6 Å². The molecule has 2 heterocycles. The van der Waals surface area contributed by atoms with Crippen molar-refractivity contribution >= 4 is 17.5 Å². The first-order valence-electron chi connectivity index (χ1n) is 10.7. The number of alkyl halides is 3. The number of benzene rings is 2. The molecule has 0 bridgehead atoms. The molecule has 0 aromatic heterocycles. The Morgan fingerprint density at radius 3 is 2.30 bits per heavy atom. The first-order valence-corrected chi connectivity index (χ1v) is 11.0. The van der Waals surface area contributed by atoms with E-state index in [9.17, 15) is 27.5 Å². The molecule has 5 nitrogen and oxygen atoms in total. The number of likely N-dealkylation sites (tertiary alicyclic amines) is 1. The van der Waals surface area contributed by atoms with E-state index in [0.29, 0.717) is 30.2 Å². The van der Waals surface area contributed by atoms with Crippen LogP contribution in [0, 0.1) is 5.82 Å². The summed E-state index contributed by atoms with van der Waals surface area (Å²) in [6.07, 6.45) is -5.60. The van der Waals surface area contributed by atoms with Crippen LogP contribution in [-0.2, 0) is 12.7 Å². The van der Waals surface area contributed by atoms with Gasteiger partial charge in [-0.05, 0) is 35.9 Å². The van der Waals surface area contributed by atoms with Crippen LogP contribution >= 0.6 is 11.6 Å². The van der Waals surface area contributed by atoms with E-state index < -0.39 is 29.6 Å². The summed E-state index contributed by atoms with van der Waals surface area (Å²) in [5, 5.41) is 11.2. The number of piperazine rings is 1. The van der Waals surface area contributed by atoms with Crippen LogP contribution in [0.4, 0.5) is 17.6 Å². The monoisotopic (exact) mass is 485 g/mol. The van der Waals surface area contributed by atoms with Crippen LogP contribution < -0.4 is 0 Å². The minimum absolute atomic E-state index is 0.0527. The molecule has 1 amide bonds. The number of hydrogen-bond donors (Lipinski definition) is 1. The maximum absolute atomic E-state index is 13.9. The molecule has 1 N–H and O–H groups in total. The number of aliphatic hydroxyl groups excluding tert-OH is 1. The van der Waals surface area contributed by atoms with Gasteiger partial charge in [0.25, 0.3) is 5.91 Å². The van der Waals surface area contributed by atoms with Crippen molar-refractivity contribution in [1.82, 2.24) is 14.7 Å². The molecule has 2 aliphatic rings. The lowest BCUT2D eigenvalue weighted by molar-refractivity contribution is -0.140. The SMILES string of the molecule is O=C(c1ccc(C(F)(F)F)c(F)c1)N1C[C@@H](O)[C@H](N2CCN(Cc3ccc(Cl)cc3)CC2)C1. The molecule has 178 valence electrons. The quantitative estimate of drug-likeness (QED) is 0.673. The van der Waals surface area contributed by atoms with Crippen molar-refractivity contribution in [3.63, 3.8) is 0 Å². The maximum Gasteiger partial charge on any atom is 0.419 e. The smallest absolute Gasteiger partial charge is 0.390 e. The van der Waals surface area contributed by atoms with E-state index >= 15 is 0 Å². The van der Waals surface area contributed by atoms with Gasteiger partial charge in [0.1, 0.15) is 5.82 Å². The summed E-state index contributed by atoms with van der Waals surface area (Å²) in [7, 11) is 0. The van der Waals surface area contributed by atoms with Crippen molar-refractivity contribution in [3.05, 3.63) is 70.0 Å². The summed E-state index contributed by atoms with van der Waals surface area (Å²) < 4.78 is 52.2. The summed E-state index contributed by atoms with van der Waals surface area (Å²) >= 11 is 5.93. The van der Waals surface area contributed by atoms with E-state index in [-0.39, 0.29) is 24.7 Å². The van der Waals surface area contributed by atoms with Gasteiger partial charge in [0, 0.05) is 56.4 Å². The molecule has 2 fully saturated rings. The number of β-amino-alcohol motifs (C(OH)–C–C–N with tert-alkyl or cyclic N) is 1. The van der Waals surface area contributed by atoms with Crippen LogP contribution in [0.2, 0.25) is 5.02 Å². The molecule has 0 aliphatic carbocycles. The van der Waals surface area contributed by atoms with Crippen LogP contribution in [0.15, 0.2) is 42.5 Å². The minimum atomic E-state index is -4.82. The first-order chi connectivity index (χ1) is 15.6. The predicted molar refractivity (Wildman–Crippen MR) is 115 cm³/mol. The molecule has 10 heteroatoms. The Labute approximate surface area is 194 Å². The Hall–Kier alpha value is -2.20. The molecular weight excluding hydrogens is 462 g/mol. The maximum atomic E-state index is 13.9. The second-order valence-electron chi connectivity index (χ2n) is 8.48. The van der Waals surface area contributed by atoms with Crippen LogP contribution in [0.3, 0.4) is 0 Å². The van der Waals surface area contributed by atoms with Gasteiger partial charge in [-0.25, -0.2) is 4.39 Å². The second kappa shape index (κ2) is 9.58. The summed E-state index contributed by atoms with van der Waals surface area (Å²) in [5.41, 5.74) is -0.412. The number of aliphatic hydroxyl groups is 1. The van der Waals surface area contributed by atoms with Crippen molar-refractivity contribution in [3.8, 4) is 0 Å². The molecule has 0 unspecified atom stereocenters. The highest BCUT2D eigenvalue weighted by Gasteiger charge is 2.39. The van der Waals surface area contributed by atoms with Crippen LogP contribution in [0.1, 0.15) is 21.5 Å². The van der Waals surface area contributed by atoms with Crippen molar-refractivity contribution in [1.29, 1.82) is 0 Å². The van der Waals surface area contributed by atoms with Crippen molar-refractivity contribution in [2.45, 2.75) is 24.9 Å². The molecular formula is C23H24ClF4N3O2. The first kappa shape index (κ1) is 23.9. The minimum Gasteiger partial charge on any atom is -0.390 e. The van der Waals surface area contributed by atoms with Gasteiger partial charge in [0.2, 0.25) is 0 Å². The topological polar surface area (TPSA) is 47.0 Å². The Balaban J connectivity index is 1.34. The zero-order valence-corrected chi connectivity index (χ0v) is 18.5. The number of carbonyl (C=O) groups excluding carboxylic acids is 1. The van der Waals surface area contributed by atoms with Gasteiger partial charge in [-0.2, -0.15) is 13.2 Å². The van der Waals surface area contributed by atoms with Gasteiger partial charge in [-0.1, -0.05) is 23.7 Å². The number of hydrogen-bond acceptors (Lipinski definition) is 4. The summed E-state index contributed by atoms with van der Waals surface area (Å²) in [6, 6.07) is 9.58. The number of nitrogens with zero attached hydrogens (tertiary/aromatic N) is 3. The Bertz CT molecular complexity index is 994. The summed E-state index contributed by atoms with van der Waals surface area (Å²) in [5.74, 6) is -2.08.